The quantitative estimate of drug-likeness (QED) is 0.847. The van der Waals surface area contributed by atoms with Gasteiger partial charge in [-0.25, -0.2) is 0 Å². The van der Waals surface area contributed by atoms with E-state index in [1.165, 1.54) is 5.56 Å². The van der Waals surface area contributed by atoms with Crippen LogP contribution in [0.5, 0.6) is 0 Å². The molecule has 1 aromatic heterocycles. The summed E-state index contributed by atoms with van der Waals surface area (Å²) in [6, 6.07) is 10.0. The first-order valence-electron chi connectivity index (χ1n) is 7.14. The SMILES string of the molecule is CN(C)CCn1cc(NC(=O)CCc2ccccc2)cn1. The Labute approximate surface area is 125 Å². The summed E-state index contributed by atoms with van der Waals surface area (Å²) in [5.74, 6) is 0.0195. The lowest BCUT2D eigenvalue weighted by Crippen LogP contribution is -2.18. The Balaban J connectivity index is 1.77. The van der Waals surface area contributed by atoms with Crippen molar-refractivity contribution in [2.75, 3.05) is 26.0 Å². The molecular formula is C16H22N4O. The molecule has 2 rings (SSSR count). The lowest BCUT2D eigenvalue weighted by atomic mass is 10.1. The molecule has 1 N–H and O–H groups in total. The molecule has 1 heterocycles. The Hall–Kier alpha value is -2.14. The number of anilines is 1. The fourth-order valence-corrected chi connectivity index (χ4v) is 1.98. The molecular weight excluding hydrogens is 264 g/mol. The summed E-state index contributed by atoms with van der Waals surface area (Å²) >= 11 is 0. The number of aromatic nitrogens is 2. The molecule has 0 spiro atoms. The Morgan fingerprint density at radius 3 is 2.76 bits per heavy atom. The first-order chi connectivity index (χ1) is 10.1. The van der Waals surface area contributed by atoms with Crippen molar-refractivity contribution in [3.05, 3.63) is 48.3 Å². The number of carbonyl (C=O) groups is 1. The molecule has 112 valence electrons. The normalized spacial score (nSPS) is 10.8. The highest BCUT2D eigenvalue weighted by Crippen LogP contribution is 2.07. The van der Waals surface area contributed by atoms with Gasteiger partial charge in [-0.05, 0) is 26.1 Å². The predicted molar refractivity (Wildman–Crippen MR) is 84.2 cm³/mol. The van der Waals surface area contributed by atoms with E-state index < -0.39 is 0 Å². The third-order valence-electron chi connectivity index (χ3n) is 3.18. The second-order valence-electron chi connectivity index (χ2n) is 5.33. The average Bonchev–Trinajstić information content (AvgIpc) is 2.91. The number of benzene rings is 1. The Kier molecular flexibility index (Phi) is 5.51. The van der Waals surface area contributed by atoms with Gasteiger partial charge in [-0.15, -0.1) is 0 Å². The van der Waals surface area contributed by atoms with Crippen molar-refractivity contribution in [3.8, 4) is 0 Å². The predicted octanol–water partition coefficient (Wildman–Crippen LogP) is 2.02. The van der Waals surface area contributed by atoms with Crippen LogP contribution in [0, 0.1) is 0 Å². The van der Waals surface area contributed by atoms with Gasteiger partial charge in [0.25, 0.3) is 0 Å². The van der Waals surface area contributed by atoms with Crippen molar-refractivity contribution in [2.45, 2.75) is 19.4 Å². The van der Waals surface area contributed by atoms with Crippen molar-refractivity contribution < 1.29 is 4.79 Å². The van der Waals surface area contributed by atoms with Gasteiger partial charge in [0.15, 0.2) is 0 Å². The van der Waals surface area contributed by atoms with E-state index in [0.717, 1.165) is 25.2 Å². The third kappa shape index (κ3) is 5.39. The Morgan fingerprint density at radius 1 is 1.29 bits per heavy atom. The van der Waals surface area contributed by atoms with Crippen molar-refractivity contribution >= 4 is 11.6 Å². The van der Waals surface area contributed by atoms with E-state index in [9.17, 15) is 4.79 Å². The van der Waals surface area contributed by atoms with Crippen LogP contribution in [0.3, 0.4) is 0 Å². The fourth-order valence-electron chi connectivity index (χ4n) is 1.98. The summed E-state index contributed by atoms with van der Waals surface area (Å²) in [5.41, 5.74) is 1.93. The number of rotatable bonds is 7. The van der Waals surface area contributed by atoms with Crippen LogP contribution in [0.1, 0.15) is 12.0 Å². The van der Waals surface area contributed by atoms with E-state index in [1.54, 1.807) is 6.20 Å². The molecule has 0 aliphatic rings. The summed E-state index contributed by atoms with van der Waals surface area (Å²) in [5, 5.41) is 7.12. The van der Waals surface area contributed by atoms with Gasteiger partial charge < -0.3 is 10.2 Å². The number of hydrogen-bond donors (Lipinski definition) is 1. The number of nitrogens with one attached hydrogen (secondary N) is 1. The third-order valence-corrected chi connectivity index (χ3v) is 3.18. The molecule has 1 aromatic carbocycles. The minimum Gasteiger partial charge on any atom is -0.323 e. The van der Waals surface area contributed by atoms with Gasteiger partial charge in [0.2, 0.25) is 5.91 Å². The molecule has 0 aliphatic carbocycles. The monoisotopic (exact) mass is 286 g/mol. The van der Waals surface area contributed by atoms with Gasteiger partial charge in [-0.1, -0.05) is 30.3 Å². The topological polar surface area (TPSA) is 50.2 Å². The molecule has 0 atom stereocenters. The van der Waals surface area contributed by atoms with Crippen LogP contribution in [-0.2, 0) is 17.8 Å². The maximum atomic E-state index is 11.9. The van der Waals surface area contributed by atoms with E-state index in [-0.39, 0.29) is 5.91 Å². The second kappa shape index (κ2) is 7.59. The van der Waals surface area contributed by atoms with Gasteiger partial charge >= 0.3 is 0 Å². The molecule has 0 bridgehead atoms. The van der Waals surface area contributed by atoms with Crippen LogP contribution in [0.2, 0.25) is 0 Å². The number of likely N-dealkylation sites (N-methyl/N-ethyl adjacent to an activating group) is 1. The van der Waals surface area contributed by atoms with Crippen LogP contribution in [0.4, 0.5) is 5.69 Å². The molecule has 0 saturated heterocycles. The van der Waals surface area contributed by atoms with E-state index in [0.29, 0.717) is 6.42 Å². The zero-order valence-corrected chi connectivity index (χ0v) is 12.6. The summed E-state index contributed by atoms with van der Waals surface area (Å²) in [6.07, 6.45) is 4.79. The largest absolute Gasteiger partial charge is 0.323 e. The second-order valence-corrected chi connectivity index (χ2v) is 5.33. The van der Waals surface area contributed by atoms with E-state index in [1.807, 2.05) is 55.3 Å². The van der Waals surface area contributed by atoms with Crippen LogP contribution in [-0.4, -0.2) is 41.2 Å². The summed E-state index contributed by atoms with van der Waals surface area (Å²) in [7, 11) is 4.05. The van der Waals surface area contributed by atoms with E-state index in [4.69, 9.17) is 0 Å². The first kappa shape index (κ1) is 15.3. The summed E-state index contributed by atoms with van der Waals surface area (Å²) < 4.78 is 1.84. The fraction of sp³-hybridized carbons (Fsp3) is 0.375. The minimum absolute atomic E-state index is 0.0195. The summed E-state index contributed by atoms with van der Waals surface area (Å²) in [6.45, 7) is 1.73. The Morgan fingerprint density at radius 2 is 2.05 bits per heavy atom. The zero-order chi connectivity index (χ0) is 15.1. The van der Waals surface area contributed by atoms with Crippen molar-refractivity contribution in [2.24, 2.45) is 0 Å². The van der Waals surface area contributed by atoms with E-state index in [2.05, 4.69) is 15.3 Å². The van der Waals surface area contributed by atoms with Crippen LogP contribution in [0.25, 0.3) is 0 Å². The van der Waals surface area contributed by atoms with Crippen LogP contribution < -0.4 is 5.32 Å². The van der Waals surface area contributed by atoms with Gasteiger partial charge in [0, 0.05) is 19.2 Å². The number of amides is 1. The number of carbonyl (C=O) groups excluding carboxylic acids is 1. The van der Waals surface area contributed by atoms with Crippen molar-refractivity contribution in [1.29, 1.82) is 0 Å². The molecule has 0 unspecified atom stereocenters. The minimum atomic E-state index is 0.0195. The van der Waals surface area contributed by atoms with Crippen LogP contribution >= 0.6 is 0 Å². The maximum Gasteiger partial charge on any atom is 0.224 e. The number of aryl methyl sites for hydroxylation is 1. The highest BCUT2D eigenvalue weighted by Gasteiger charge is 2.05. The van der Waals surface area contributed by atoms with Crippen LogP contribution in [0.15, 0.2) is 42.7 Å². The Bertz CT molecular complexity index is 563. The zero-order valence-electron chi connectivity index (χ0n) is 12.6. The van der Waals surface area contributed by atoms with Crippen molar-refractivity contribution in [1.82, 2.24) is 14.7 Å². The molecule has 0 fully saturated rings. The highest BCUT2D eigenvalue weighted by molar-refractivity contribution is 5.90. The lowest BCUT2D eigenvalue weighted by molar-refractivity contribution is -0.116. The molecule has 21 heavy (non-hydrogen) atoms. The van der Waals surface area contributed by atoms with Gasteiger partial charge in [-0.2, -0.15) is 5.10 Å². The van der Waals surface area contributed by atoms with Crippen molar-refractivity contribution in [3.63, 3.8) is 0 Å². The summed E-state index contributed by atoms with van der Waals surface area (Å²) in [4.78, 5) is 14.0. The van der Waals surface area contributed by atoms with Gasteiger partial charge in [0.05, 0.1) is 18.4 Å². The van der Waals surface area contributed by atoms with Gasteiger partial charge in [-0.3, -0.25) is 9.48 Å². The van der Waals surface area contributed by atoms with Gasteiger partial charge in [0.1, 0.15) is 0 Å². The first-order valence-corrected chi connectivity index (χ1v) is 7.14. The molecule has 1 amide bonds. The maximum absolute atomic E-state index is 11.9. The highest BCUT2D eigenvalue weighted by atomic mass is 16.1. The smallest absolute Gasteiger partial charge is 0.224 e. The average molecular weight is 286 g/mol. The molecule has 0 saturated carbocycles. The standard InChI is InChI=1S/C16H22N4O/c1-19(2)10-11-20-13-15(12-17-20)18-16(21)9-8-14-6-4-3-5-7-14/h3-7,12-13H,8-11H2,1-2H3,(H,18,21). The molecule has 5 heteroatoms. The van der Waals surface area contributed by atoms with E-state index >= 15 is 0 Å². The molecule has 5 nitrogen and oxygen atoms in total. The molecule has 0 aliphatic heterocycles. The molecule has 2 aromatic rings. The number of hydrogen-bond acceptors (Lipinski definition) is 3. The number of nitrogens with zero attached hydrogens (tertiary/aromatic N) is 3. The molecule has 0 radical (unpaired) electrons. The lowest BCUT2D eigenvalue weighted by Gasteiger charge is -2.08.